The van der Waals surface area contributed by atoms with E-state index in [1.807, 2.05) is 6.92 Å². The molecule has 2 amide bonds. The van der Waals surface area contributed by atoms with E-state index in [9.17, 15) is 34.2 Å². The number of nitrogens with one attached hydrogen (secondary N) is 5. The van der Waals surface area contributed by atoms with Gasteiger partial charge in [0, 0.05) is 49.3 Å². The van der Waals surface area contributed by atoms with Crippen molar-refractivity contribution < 1.29 is 40.7 Å². The first-order valence-corrected chi connectivity index (χ1v) is 19.8. The molecular weight excluding hydrogens is 716 g/mol. The SMILES string of the molecule is [2H]NCC(CCCCNCC(=O)C(C)c1ccc(CC(C)C)cc1)C(=C)NCCC(=C)CCC(=C)NCCCCC(NC(=O)NC(CCC(=O)O)C(=O)O)C(=O)O. The Labute approximate surface area is 334 Å². The van der Waals surface area contributed by atoms with Gasteiger partial charge in [0.15, 0.2) is 5.78 Å². The molecule has 14 heteroatoms. The monoisotopic (exact) mass is 786 g/mol. The molecule has 0 heterocycles. The smallest absolute Gasteiger partial charge is 0.326 e. The lowest BCUT2D eigenvalue weighted by Gasteiger charge is -2.20. The summed E-state index contributed by atoms with van der Waals surface area (Å²) in [6.45, 7) is 21.6. The third-order valence-corrected chi connectivity index (χ3v) is 9.56. The molecule has 0 aliphatic carbocycles. The van der Waals surface area contributed by atoms with Gasteiger partial charge in [-0.1, -0.05) is 76.8 Å². The Morgan fingerprint density at radius 2 is 1.38 bits per heavy atom. The minimum atomic E-state index is -1.46. The molecule has 0 radical (unpaired) electrons. The number of aliphatic carboxylic acids is 3. The number of carbonyl (C=O) groups is 5. The summed E-state index contributed by atoms with van der Waals surface area (Å²) < 4.78 is 7.53. The van der Waals surface area contributed by atoms with Gasteiger partial charge in [-0.2, -0.15) is 0 Å². The van der Waals surface area contributed by atoms with Crippen LogP contribution in [0.15, 0.2) is 61.0 Å². The van der Waals surface area contributed by atoms with Crippen LogP contribution in [0.4, 0.5) is 4.79 Å². The Kier molecular flexibility index (Phi) is 23.6. The maximum atomic E-state index is 12.8. The molecule has 56 heavy (non-hydrogen) atoms. The number of benzene rings is 1. The standard InChI is InChI=1S/C42H68N6O8/c1-28(2)25-33-15-17-34(18-16-33)31(5)38(49)27-44-22-9-7-11-35(26-43)32(6)46-24-21-29(3)13-14-30(4)45-23-10-8-12-36(40(52)53)47-42(56)48-37(41(54)55)19-20-39(50)51/h15-18,28,31,35-37,44-46H,3-4,6-14,19-27,43H2,1-2,5H3,(H,50,51)(H,52,53)(H,54,55)(H2,47,48,56)/i/hD. The maximum Gasteiger partial charge on any atom is 0.326 e. The highest BCUT2D eigenvalue weighted by atomic mass is 16.4. The fraction of sp³-hybridized carbons (Fsp3) is 0.595. The van der Waals surface area contributed by atoms with E-state index in [-0.39, 0.29) is 30.5 Å². The van der Waals surface area contributed by atoms with E-state index >= 15 is 0 Å². The number of urea groups is 1. The Hall–Kier alpha value is -4.69. The van der Waals surface area contributed by atoms with Gasteiger partial charge in [-0.15, -0.1) is 0 Å². The zero-order chi connectivity index (χ0) is 42.8. The van der Waals surface area contributed by atoms with Crippen LogP contribution < -0.4 is 32.3 Å². The molecule has 314 valence electrons. The lowest BCUT2D eigenvalue weighted by Crippen LogP contribution is -2.51. The first-order valence-electron chi connectivity index (χ1n) is 20.3. The van der Waals surface area contributed by atoms with Gasteiger partial charge >= 0.3 is 23.9 Å². The van der Waals surface area contributed by atoms with E-state index in [4.69, 9.17) is 6.52 Å². The molecule has 0 aliphatic rings. The van der Waals surface area contributed by atoms with Crippen molar-refractivity contribution in [3.05, 3.63) is 72.1 Å². The molecule has 0 bridgehead atoms. The maximum absolute atomic E-state index is 12.8. The number of rotatable bonds is 34. The molecule has 0 aromatic heterocycles. The number of Topliss-reactive ketones (excluding diaryl/α,β-unsaturated/α-hetero) is 1. The Balaban J connectivity index is 2.26. The summed E-state index contributed by atoms with van der Waals surface area (Å²) in [5, 5.41) is 41.7. The minimum Gasteiger partial charge on any atom is -0.481 e. The fourth-order valence-electron chi connectivity index (χ4n) is 5.97. The molecule has 10 N–H and O–H groups in total. The lowest BCUT2D eigenvalue weighted by atomic mass is 9.94. The molecule has 4 unspecified atom stereocenters. The highest BCUT2D eigenvalue weighted by Gasteiger charge is 2.25. The van der Waals surface area contributed by atoms with E-state index in [0.29, 0.717) is 51.4 Å². The zero-order valence-electron chi connectivity index (χ0n) is 34.7. The summed E-state index contributed by atoms with van der Waals surface area (Å²) in [5.74, 6) is -3.17. The summed E-state index contributed by atoms with van der Waals surface area (Å²) in [7, 11) is 0. The van der Waals surface area contributed by atoms with Crippen molar-refractivity contribution in [1.29, 1.82) is 0 Å². The summed E-state index contributed by atoms with van der Waals surface area (Å²) in [6.07, 6.45) is 6.29. The van der Waals surface area contributed by atoms with Crippen LogP contribution in [0, 0.1) is 11.8 Å². The largest absolute Gasteiger partial charge is 0.481 e. The minimum absolute atomic E-state index is 0.0958. The quantitative estimate of drug-likeness (QED) is 0.0330. The zero-order valence-corrected chi connectivity index (χ0v) is 33.7. The fourth-order valence-corrected chi connectivity index (χ4v) is 5.97. The first kappa shape index (κ1) is 47.5. The van der Waals surface area contributed by atoms with Crippen LogP contribution in [0.1, 0.15) is 108 Å². The second kappa shape index (κ2) is 27.8. The van der Waals surface area contributed by atoms with Gasteiger partial charge in [-0.25, -0.2) is 14.4 Å². The third-order valence-electron chi connectivity index (χ3n) is 9.56. The van der Waals surface area contributed by atoms with Gasteiger partial charge < -0.3 is 47.6 Å². The highest BCUT2D eigenvalue weighted by molar-refractivity contribution is 5.87. The summed E-state index contributed by atoms with van der Waals surface area (Å²) >= 11 is 0. The Morgan fingerprint density at radius 1 is 0.750 bits per heavy atom. The van der Waals surface area contributed by atoms with Crippen LogP contribution in [0.25, 0.3) is 0 Å². The lowest BCUT2D eigenvalue weighted by molar-refractivity contribution is -0.140. The van der Waals surface area contributed by atoms with Gasteiger partial charge in [-0.05, 0) is 87.8 Å². The molecule has 0 aliphatic heterocycles. The number of nitrogens with two attached hydrogens (primary N) is 1. The number of carboxylic acid groups (broad SMARTS) is 3. The molecule has 0 saturated carbocycles. The van der Waals surface area contributed by atoms with Crippen LogP contribution in [-0.2, 0) is 25.6 Å². The normalized spacial score (nSPS) is 13.4. The topological polar surface area (TPSA) is 232 Å². The van der Waals surface area contributed by atoms with Crippen molar-refractivity contribution in [2.24, 2.45) is 17.6 Å². The number of carboxylic acids is 3. The molecule has 0 spiro atoms. The van der Waals surface area contributed by atoms with E-state index in [1.54, 1.807) is 0 Å². The molecule has 1 aromatic rings. The summed E-state index contributed by atoms with van der Waals surface area (Å²) in [4.78, 5) is 58.6. The van der Waals surface area contributed by atoms with Crippen molar-refractivity contribution in [1.82, 2.24) is 26.6 Å². The Bertz CT molecular complexity index is 1450. The molecule has 0 fully saturated rings. The number of amides is 2. The molecule has 0 saturated heterocycles. The number of ketones is 1. The predicted octanol–water partition coefficient (Wildman–Crippen LogP) is 5.07. The first-order chi connectivity index (χ1) is 27.0. The van der Waals surface area contributed by atoms with Gasteiger partial charge in [0.2, 0.25) is 0 Å². The third kappa shape index (κ3) is 22.0. The molecule has 4 atom stereocenters. The van der Waals surface area contributed by atoms with Crippen molar-refractivity contribution in [2.75, 3.05) is 32.7 Å². The van der Waals surface area contributed by atoms with E-state index < -0.39 is 42.4 Å². The van der Waals surface area contributed by atoms with E-state index in [1.165, 1.54) is 5.56 Å². The number of allylic oxidation sites excluding steroid dienone is 1. The number of carbonyl (C=O) groups excluding carboxylic acids is 2. The predicted molar refractivity (Wildman–Crippen MR) is 220 cm³/mol. The molecule has 1 rings (SSSR count). The summed E-state index contributed by atoms with van der Waals surface area (Å²) in [6, 6.07) is 4.69. The van der Waals surface area contributed by atoms with E-state index in [0.717, 1.165) is 67.6 Å². The van der Waals surface area contributed by atoms with Crippen molar-refractivity contribution in [3.63, 3.8) is 0 Å². The average Bonchev–Trinajstić information content (AvgIpc) is 3.15. The number of hydrogen-bond donors (Lipinski definition) is 9. The van der Waals surface area contributed by atoms with Crippen LogP contribution >= 0.6 is 0 Å². The Morgan fingerprint density at radius 3 is 1.98 bits per heavy atom. The van der Waals surface area contributed by atoms with E-state index in [2.05, 4.69) is 90.2 Å². The van der Waals surface area contributed by atoms with Gasteiger partial charge in [0.1, 0.15) is 13.5 Å². The second-order valence-electron chi connectivity index (χ2n) is 14.9. The van der Waals surface area contributed by atoms with Gasteiger partial charge in [-0.3, -0.25) is 9.59 Å². The van der Waals surface area contributed by atoms with Crippen LogP contribution in [0.5, 0.6) is 0 Å². The van der Waals surface area contributed by atoms with Crippen LogP contribution in [-0.4, -0.2) is 89.8 Å². The van der Waals surface area contributed by atoms with Crippen molar-refractivity contribution in [3.8, 4) is 0 Å². The van der Waals surface area contributed by atoms with Crippen molar-refractivity contribution in [2.45, 2.75) is 116 Å². The number of unbranched alkanes of at least 4 members (excludes halogenated alkanes) is 2. The average molecular weight is 786 g/mol. The highest BCUT2D eigenvalue weighted by Crippen LogP contribution is 2.19. The molecule has 14 nitrogen and oxygen atoms in total. The molecular formula is C42H68N6O8. The van der Waals surface area contributed by atoms with Gasteiger partial charge in [0.05, 0.1) is 6.54 Å². The second-order valence-corrected chi connectivity index (χ2v) is 14.9. The number of hydrogen-bond acceptors (Lipinski definition) is 9. The van der Waals surface area contributed by atoms with Crippen LogP contribution in [0.3, 0.4) is 0 Å². The van der Waals surface area contributed by atoms with Crippen LogP contribution in [0.2, 0.25) is 1.41 Å². The summed E-state index contributed by atoms with van der Waals surface area (Å²) in [5.41, 5.74) is 7.61. The van der Waals surface area contributed by atoms with Gasteiger partial charge in [0.25, 0.3) is 0 Å². The molecule has 1 aromatic carbocycles. The van der Waals surface area contributed by atoms with Crippen molar-refractivity contribution >= 4 is 29.7 Å².